The number of aryl methyl sites for hydroxylation is 2. The van der Waals surface area contributed by atoms with Crippen molar-refractivity contribution in [1.82, 2.24) is 10.3 Å². The van der Waals surface area contributed by atoms with Crippen molar-refractivity contribution in [2.45, 2.75) is 58.3 Å². The van der Waals surface area contributed by atoms with Crippen LogP contribution in [0.25, 0.3) is 10.9 Å². The molecule has 0 unspecified atom stereocenters. The molecule has 29 heavy (non-hydrogen) atoms. The Kier molecular flexibility index (Phi) is 4.36. The van der Waals surface area contributed by atoms with E-state index in [0.717, 1.165) is 75.8 Å². The molecular weight excluding hydrogens is 384 g/mol. The lowest BCUT2D eigenvalue weighted by Gasteiger charge is -2.37. The third-order valence-corrected chi connectivity index (χ3v) is 6.64. The standard InChI is InChI=1S/C24H23ClN2O2/c1-12-9-13(2)23-14(10-12)11-15(24(25)27-23)20-21-16(5-3-7-18(21)28)26-17-6-4-8-19(29)22(17)20/h9-11,20,26H,3-8H2,1-2H3. The highest BCUT2D eigenvalue weighted by atomic mass is 35.5. The van der Waals surface area contributed by atoms with Gasteiger partial charge in [0, 0.05) is 52.2 Å². The lowest BCUT2D eigenvalue weighted by molar-refractivity contribution is -0.116. The number of aromatic nitrogens is 1. The Morgan fingerprint density at radius 1 is 0.931 bits per heavy atom. The van der Waals surface area contributed by atoms with Crippen LogP contribution in [0.4, 0.5) is 0 Å². The Morgan fingerprint density at radius 3 is 2.17 bits per heavy atom. The van der Waals surface area contributed by atoms with E-state index in [9.17, 15) is 9.59 Å². The summed E-state index contributed by atoms with van der Waals surface area (Å²) in [4.78, 5) is 30.7. The fourth-order valence-electron chi connectivity index (χ4n) is 5.14. The molecule has 5 heteroatoms. The number of rotatable bonds is 1. The minimum atomic E-state index is -0.410. The predicted octanol–water partition coefficient (Wildman–Crippen LogP) is 5.21. The number of hydrogen-bond donors (Lipinski definition) is 1. The van der Waals surface area contributed by atoms with E-state index in [1.807, 2.05) is 13.0 Å². The smallest absolute Gasteiger partial charge is 0.161 e. The zero-order valence-electron chi connectivity index (χ0n) is 16.7. The second kappa shape index (κ2) is 6.81. The molecule has 0 spiro atoms. The maximum Gasteiger partial charge on any atom is 0.161 e. The van der Waals surface area contributed by atoms with E-state index in [4.69, 9.17) is 16.6 Å². The average molecular weight is 407 g/mol. The molecule has 0 saturated heterocycles. The Balaban J connectivity index is 1.79. The number of dihydropyridines is 1. The zero-order chi connectivity index (χ0) is 20.3. The van der Waals surface area contributed by atoms with E-state index in [1.54, 1.807) is 0 Å². The number of halogens is 1. The topological polar surface area (TPSA) is 59.1 Å². The number of nitrogens with zero attached hydrogens (tertiary/aromatic N) is 1. The fraction of sp³-hybridized carbons (Fsp3) is 0.375. The Bertz CT molecular complexity index is 1120. The summed E-state index contributed by atoms with van der Waals surface area (Å²) in [5.74, 6) is -0.178. The van der Waals surface area contributed by atoms with Gasteiger partial charge < -0.3 is 5.32 Å². The SMILES string of the molecule is Cc1cc(C)c2nc(Cl)c(C3C4=C(CCCC4=O)NC4=C3C(=O)CCC4)cc2c1. The molecule has 1 aromatic carbocycles. The molecule has 2 heterocycles. The van der Waals surface area contributed by atoms with E-state index < -0.39 is 5.92 Å². The molecule has 5 rings (SSSR count). The van der Waals surface area contributed by atoms with E-state index in [0.29, 0.717) is 18.0 Å². The van der Waals surface area contributed by atoms with Gasteiger partial charge in [-0.15, -0.1) is 0 Å². The number of Topliss-reactive ketones (excluding diaryl/α,β-unsaturated/α-hetero) is 2. The highest BCUT2D eigenvalue weighted by Gasteiger charge is 2.41. The Labute approximate surface area is 175 Å². The van der Waals surface area contributed by atoms with Crippen molar-refractivity contribution < 1.29 is 9.59 Å². The Morgan fingerprint density at radius 2 is 1.55 bits per heavy atom. The number of ketones is 2. The molecule has 1 aliphatic heterocycles. The van der Waals surface area contributed by atoms with Crippen LogP contribution >= 0.6 is 11.6 Å². The van der Waals surface area contributed by atoms with Crippen molar-refractivity contribution in [2.24, 2.45) is 0 Å². The fourth-order valence-corrected chi connectivity index (χ4v) is 5.39. The maximum absolute atomic E-state index is 13.0. The summed E-state index contributed by atoms with van der Waals surface area (Å²) < 4.78 is 0. The van der Waals surface area contributed by atoms with Crippen LogP contribution in [0, 0.1) is 13.8 Å². The van der Waals surface area contributed by atoms with Crippen molar-refractivity contribution >= 4 is 34.1 Å². The van der Waals surface area contributed by atoms with Crippen LogP contribution in [0.5, 0.6) is 0 Å². The molecule has 0 amide bonds. The van der Waals surface area contributed by atoms with Gasteiger partial charge in [-0.2, -0.15) is 0 Å². The number of carbonyl (C=O) groups is 2. The summed E-state index contributed by atoms with van der Waals surface area (Å²) in [6, 6.07) is 6.22. The van der Waals surface area contributed by atoms with Gasteiger partial charge in [-0.3, -0.25) is 9.59 Å². The summed E-state index contributed by atoms with van der Waals surface area (Å²) in [6.45, 7) is 4.08. The van der Waals surface area contributed by atoms with Crippen molar-refractivity contribution in [1.29, 1.82) is 0 Å². The molecule has 0 radical (unpaired) electrons. The molecule has 0 saturated carbocycles. The largest absolute Gasteiger partial charge is 0.362 e. The average Bonchev–Trinajstić information content (AvgIpc) is 2.67. The number of pyridine rings is 1. The lowest BCUT2D eigenvalue weighted by Crippen LogP contribution is -2.36. The molecule has 2 aromatic rings. The van der Waals surface area contributed by atoms with Crippen LogP contribution in [-0.2, 0) is 9.59 Å². The van der Waals surface area contributed by atoms with Crippen molar-refractivity contribution in [3.8, 4) is 0 Å². The molecule has 148 valence electrons. The van der Waals surface area contributed by atoms with Gasteiger partial charge in [-0.25, -0.2) is 4.98 Å². The van der Waals surface area contributed by atoms with Gasteiger partial charge in [0.05, 0.1) is 5.52 Å². The molecule has 1 N–H and O–H groups in total. The molecule has 0 atom stereocenters. The molecule has 3 aliphatic rings. The molecule has 2 aliphatic carbocycles. The van der Waals surface area contributed by atoms with Crippen molar-refractivity contribution in [2.75, 3.05) is 0 Å². The minimum Gasteiger partial charge on any atom is -0.362 e. The van der Waals surface area contributed by atoms with Crippen LogP contribution in [0.2, 0.25) is 5.15 Å². The summed E-state index contributed by atoms with van der Waals surface area (Å²) in [7, 11) is 0. The number of fused-ring (bicyclic) bond motifs is 1. The first-order chi connectivity index (χ1) is 13.9. The molecule has 0 fully saturated rings. The zero-order valence-corrected chi connectivity index (χ0v) is 17.4. The second-order valence-electron chi connectivity index (χ2n) is 8.42. The van der Waals surface area contributed by atoms with Gasteiger partial charge in [-0.05, 0) is 57.2 Å². The van der Waals surface area contributed by atoms with Crippen molar-refractivity contribution in [3.05, 3.63) is 62.6 Å². The van der Waals surface area contributed by atoms with Gasteiger partial charge in [0.15, 0.2) is 11.6 Å². The van der Waals surface area contributed by atoms with E-state index in [-0.39, 0.29) is 11.6 Å². The third-order valence-electron chi connectivity index (χ3n) is 6.34. The summed E-state index contributed by atoms with van der Waals surface area (Å²) in [5, 5.41) is 4.82. The number of allylic oxidation sites excluding steroid dienone is 4. The van der Waals surface area contributed by atoms with Gasteiger partial charge in [0.25, 0.3) is 0 Å². The first kappa shape index (κ1) is 18.6. The highest BCUT2D eigenvalue weighted by Crippen LogP contribution is 2.47. The quantitative estimate of drug-likeness (QED) is 0.661. The summed E-state index contributed by atoms with van der Waals surface area (Å²) in [6.07, 6.45) is 4.39. The van der Waals surface area contributed by atoms with Crippen LogP contribution in [0.15, 0.2) is 40.7 Å². The maximum atomic E-state index is 13.0. The van der Waals surface area contributed by atoms with Gasteiger partial charge in [0.2, 0.25) is 0 Å². The van der Waals surface area contributed by atoms with Crippen LogP contribution in [-0.4, -0.2) is 16.6 Å². The minimum absolute atomic E-state index is 0.116. The normalized spacial score (nSPS) is 20.1. The van der Waals surface area contributed by atoms with E-state index >= 15 is 0 Å². The predicted molar refractivity (Wildman–Crippen MR) is 114 cm³/mol. The first-order valence-corrected chi connectivity index (χ1v) is 10.7. The van der Waals surface area contributed by atoms with Crippen LogP contribution in [0.3, 0.4) is 0 Å². The monoisotopic (exact) mass is 406 g/mol. The van der Waals surface area contributed by atoms with Crippen LogP contribution < -0.4 is 5.32 Å². The lowest BCUT2D eigenvalue weighted by atomic mass is 9.72. The highest BCUT2D eigenvalue weighted by molar-refractivity contribution is 6.31. The number of nitrogens with one attached hydrogen (secondary N) is 1. The summed E-state index contributed by atoms with van der Waals surface area (Å²) >= 11 is 6.71. The molecule has 0 bridgehead atoms. The molecule has 1 aromatic heterocycles. The second-order valence-corrected chi connectivity index (χ2v) is 8.78. The van der Waals surface area contributed by atoms with E-state index in [1.165, 1.54) is 0 Å². The number of carbonyl (C=O) groups excluding carboxylic acids is 2. The van der Waals surface area contributed by atoms with Gasteiger partial charge in [0.1, 0.15) is 5.15 Å². The number of hydrogen-bond acceptors (Lipinski definition) is 4. The molecular formula is C24H23ClN2O2. The van der Waals surface area contributed by atoms with Gasteiger partial charge >= 0.3 is 0 Å². The van der Waals surface area contributed by atoms with E-state index in [2.05, 4.69) is 24.4 Å². The molecule has 4 nitrogen and oxygen atoms in total. The Hall–Kier alpha value is -2.46. The third kappa shape index (κ3) is 2.93. The van der Waals surface area contributed by atoms with Crippen LogP contribution in [0.1, 0.15) is 61.1 Å². The number of benzene rings is 1. The summed E-state index contributed by atoms with van der Waals surface area (Å²) in [5.41, 5.74) is 7.24. The van der Waals surface area contributed by atoms with Gasteiger partial charge in [-0.1, -0.05) is 23.2 Å². The van der Waals surface area contributed by atoms with Crippen molar-refractivity contribution in [3.63, 3.8) is 0 Å². The first-order valence-electron chi connectivity index (χ1n) is 10.3.